The lowest BCUT2D eigenvalue weighted by molar-refractivity contribution is 0.104. The number of aryl methyl sites for hydroxylation is 1. The van der Waals surface area contributed by atoms with Gasteiger partial charge in [-0.2, -0.15) is 0 Å². The van der Waals surface area contributed by atoms with E-state index in [-0.39, 0.29) is 5.78 Å². The van der Waals surface area contributed by atoms with Gasteiger partial charge in [-0.25, -0.2) is 0 Å². The average molecular weight is 176 g/mol. The van der Waals surface area contributed by atoms with Gasteiger partial charge in [-0.3, -0.25) is 4.79 Å². The Morgan fingerprint density at radius 1 is 1.50 bits per heavy atom. The van der Waals surface area contributed by atoms with Crippen molar-refractivity contribution in [2.75, 3.05) is 0 Å². The summed E-state index contributed by atoms with van der Waals surface area (Å²) in [4.78, 5) is 11.3. The Morgan fingerprint density at radius 3 is 2.75 bits per heavy atom. The molecular weight excluding hydrogens is 168 g/mol. The molecule has 0 saturated heterocycles. The van der Waals surface area contributed by atoms with E-state index in [0.717, 1.165) is 5.56 Å². The molecule has 0 aliphatic carbocycles. The molecule has 0 bridgehead atoms. The largest absolute Gasteiger partial charge is 0.289 e. The van der Waals surface area contributed by atoms with Gasteiger partial charge in [-0.15, -0.1) is 0 Å². The van der Waals surface area contributed by atoms with E-state index >= 15 is 0 Å². The number of ketones is 1. The molecule has 0 aromatic heterocycles. The zero-order valence-electron chi connectivity index (χ0n) is 6.70. The van der Waals surface area contributed by atoms with E-state index in [1.807, 2.05) is 25.1 Å². The monoisotopic (exact) mass is 176 g/mol. The quantitative estimate of drug-likeness (QED) is 0.391. The normalized spacial score (nSPS) is 8.75. The van der Waals surface area contributed by atoms with E-state index in [1.165, 1.54) is 6.08 Å². The Bertz CT molecular complexity index is 349. The molecule has 0 heterocycles. The Labute approximate surface area is 76.7 Å². The molecule has 0 fully saturated rings. The summed E-state index contributed by atoms with van der Waals surface area (Å²) in [6.45, 7) is 1.89. The summed E-state index contributed by atoms with van der Waals surface area (Å²) in [7, 11) is 0. The lowest BCUT2D eigenvalue weighted by atomic mass is 10.1. The van der Waals surface area contributed by atoms with Crippen LogP contribution >= 0.6 is 12.2 Å². The Morgan fingerprint density at radius 2 is 2.17 bits per heavy atom. The molecular formula is C10H8OS. The fraction of sp³-hybridized carbons (Fsp3) is 0.100. The number of hydrogen-bond donors (Lipinski definition) is 0. The van der Waals surface area contributed by atoms with Crippen LogP contribution in [0.2, 0.25) is 0 Å². The van der Waals surface area contributed by atoms with Gasteiger partial charge in [-0.1, -0.05) is 24.3 Å². The van der Waals surface area contributed by atoms with Crippen LogP contribution in [0, 0.1) is 6.92 Å². The van der Waals surface area contributed by atoms with Crippen LogP contribution < -0.4 is 0 Å². The van der Waals surface area contributed by atoms with E-state index in [2.05, 4.69) is 17.2 Å². The molecule has 60 valence electrons. The zero-order chi connectivity index (χ0) is 8.97. The minimum absolute atomic E-state index is 0.0805. The molecule has 12 heavy (non-hydrogen) atoms. The van der Waals surface area contributed by atoms with Crippen molar-refractivity contribution in [3.63, 3.8) is 0 Å². The summed E-state index contributed by atoms with van der Waals surface area (Å²) >= 11 is 4.45. The smallest absolute Gasteiger partial charge is 0.194 e. The molecule has 2 heteroatoms. The van der Waals surface area contributed by atoms with E-state index in [4.69, 9.17) is 0 Å². The van der Waals surface area contributed by atoms with Gasteiger partial charge in [0.15, 0.2) is 5.78 Å². The van der Waals surface area contributed by atoms with Crippen molar-refractivity contribution >= 4 is 23.0 Å². The number of carbonyl (C=O) groups is 1. The van der Waals surface area contributed by atoms with E-state index in [9.17, 15) is 4.79 Å². The predicted octanol–water partition coefficient (Wildman–Crippen LogP) is 2.33. The number of rotatable bonds is 2. The van der Waals surface area contributed by atoms with Crippen LogP contribution in [0.1, 0.15) is 15.9 Å². The molecule has 0 amide bonds. The third-order valence-electron chi connectivity index (χ3n) is 1.60. The lowest BCUT2D eigenvalue weighted by Crippen LogP contribution is -1.96. The van der Waals surface area contributed by atoms with Gasteiger partial charge in [0.25, 0.3) is 0 Å². The topological polar surface area (TPSA) is 17.1 Å². The highest BCUT2D eigenvalue weighted by Crippen LogP contribution is 2.07. The van der Waals surface area contributed by atoms with E-state index in [1.54, 1.807) is 6.07 Å². The SMILES string of the molecule is Cc1ccccc1C(=O)C=C=S. The molecule has 0 atom stereocenters. The highest BCUT2D eigenvalue weighted by Gasteiger charge is 2.02. The van der Waals surface area contributed by atoms with Gasteiger partial charge >= 0.3 is 0 Å². The Hall–Kier alpha value is -1.24. The third kappa shape index (κ3) is 1.88. The first-order valence-electron chi connectivity index (χ1n) is 3.56. The van der Waals surface area contributed by atoms with Crippen molar-refractivity contribution < 1.29 is 4.79 Å². The van der Waals surface area contributed by atoms with Crippen LogP contribution in [0.5, 0.6) is 0 Å². The van der Waals surface area contributed by atoms with Crippen LogP contribution in [-0.2, 0) is 0 Å². The summed E-state index contributed by atoms with van der Waals surface area (Å²) in [6, 6.07) is 7.40. The molecule has 1 aromatic rings. The molecule has 1 nitrogen and oxygen atoms in total. The number of allylic oxidation sites excluding steroid dienone is 1. The van der Waals surface area contributed by atoms with Gasteiger partial charge in [0, 0.05) is 11.6 Å². The molecule has 0 N–H and O–H groups in total. The fourth-order valence-electron chi connectivity index (χ4n) is 0.981. The summed E-state index contributed by atoms with van der Waals surface area (Å²) in [6.07, 6.45) is 1.28. The van der Waals surface area contributed by atoms with E-state index in [0.29, 0.717) is 5.56 Å². The number of carbonyl (C=O) groups excluding carboxylic acids is 1. The van der Waals surface area contributed by atoms with Gasteiger partial charge < -0.3 is 0 Å². The van der Waals surface area contributed by atoms with Crippen LogP contribution in [0.25, 0.3) is 0 Å². The predicted molar refractivity (Wildman–Crippen MR) is 52.7 cm³/mol. The highest BCUT2D eigenvalue weighted by atomic mass is 32.1. The first kappa shape index (κ1) is 8.85. The highest BCUT2D eigenvalue weighted by molar-refractivity contribution is 7.78. The second kappa shape index (κ2) is 3.96. The second-order valence-electron chi connectivity index (χ2n) is 2.44. The Balaban J connectivity index is 3.11. The van der Waals surface area contributed by atoms with Crippen molar-refractivity contribution in [3.05, 3.63) is 41.5 Å². The zero-order valence-corrected chi connectivity index (χ0v) is 7.52. The molecule has 0 spiro atoms. The molecule has 1 rings (SSSR count). The van der Waals surface area contributed by atoms with Gasteiger partial charge in [0.05, 0.1) is 0 Å². The number of thiocarbonyl (C=S) groups is 1. The van der Waals surface area contributed by atoms with Crippen LogP contribution in [0.15, 0.2) is 30.3 Å². The van der Waals surface area contributed by atoms with Crippen LogP contribution in [-0.4, -0.2) is 10.8 Å². The summed E-state index contributed by atoms with van der Waals surface area (Å²) in [5.41, 5.74) is 1.65. The van der Waals surface area contributed by atoms with Crippen molar-refractivity contribution in [1.82, 2.24) is 0 Å². The maximum atomic E-state index is 11.3. The minimum Gasteiger partial charge on any atom is -0.289 e. The average Bonchev–Trinajstić information content (AvgIpc) is 2.05. The van der Waals surface area contributed by atoms with Crippen molar-refractivity contribution in [2.45, 2.75) is 6.92 Å². The van der Waals surface area contributed by atoms with Gasteiger partial charge in [0.1, 0.15) is 0 Å². The standard InChI is InChI=1S/C10H8OS/c1-8-4-2-3-5-9(8)10(11)6-7-12/h2-6H,1H3. The number of benzene rings is 1. The maximum Gasteiger partial charge on any atom is 0.194 e. The summed E-state index contributed by atoms with van der Waals surface area (Å²) in [5.74, 6) is -0.0805. The van der Waals surface area contributed by atoms with Gasteiger partial charge in [-0.05, 0) is 29.7 Å². The fourth-order valence-corrected chi connectivity index (χ4v) is 1.09. The van der Waals surface area contributed by atoms with Crippen molar-refractivity contribution in [1.29, 1.82) is 0 Å². The number of hydrogen-bond acceptors (Lipinski definition) is 2. The second-order valence-corrected chi connectivity index (χ2v) is 2.68. The van der Waals surface area contributed by atoms with Crippen molar-refractivity contribution in [2.24, 2.45) is 0 Å². The molecule has 1 aromatic carbocycles. The lowest BCUT2D eigenvalue weighted by Gasteiger charge is -1.98. The molecule has 0 aliphatic rings. The molecule has 0 radical (unpaired) electrons. The van der Waals surface area contributed by atoms with Gasteiger partial charge in [0.2, 0.25) is 0 Å². The minimum atomic E-state index is -0.0805. The first-order valence-corrected chi connectivity index (χ1v) is 3.97. The van der Waals surface area contributed by atoms with Crippen LogP contribution in [0.3, 0.4) is 0 Å². The summed E-state index contributed by atoms with van der Waals surface area (Å²) < 4.78 is 0. The molecule has 0 unspecified atom stereocenters. The molecule has 0 saturated carbocycles. The third-order valence-corrected chi connectivity index (χ3v) is 1.72. The first-order chi connectivity index (χ1) is 5.75. The molecule has 0 aliphatic heterocycles. The van der Waals surface area contributed by atoms with Crippen molar-refractivity contribution in [3.8, 4) is 0 Å². The van der Waals surface area contributed by atoms with Crippen LogP contribution in [0.4, 0.5) is 0 Å². The Kier molecular flexibility index (Phi) is 2.92. The van der Waals surface area contributed by atoms with E-state index < -0.39 is 0 Å². The summed E-state index contributed by atoms with van der Waals surface area (Å²) in [5, 5.41) is 2.30. The maximum absolute atomic E-state index is 11.3.